The maximum Gasteiger partial charge on any atom is 0.243 e. The molecule has 0 amide bonds. The highest BCUT2D eigenvalue weighted by atomic mass is 35.5. The summed E-state index contributed by atoms with van der Waals surface area (Å²) in [6.07, 6.45) is 1.66. The van der Waals surface area contributed by atoms with Crippen molar-refractivity contribution in [3.8, 4) is 0 Å². The van der Waals surface area contributed by atoms with E-state index in [2.05, 4.69) is 4.72 Å². The SMILES string of the molecule is Cl.NCCNS(=O)(=O)c1cccc(S(=O)(=O)N2CCCC2)c1. The molecule has 0 unspecified atom stereocenters. The molecule has 0 radical (unpaired) electrons. The first-order chi connectivity index (χ1) is 9.88. The van der Waals surface area contributed by atoms with Crippen LogP contribution in [-0.2, 0) is 20.0 Å². The van der Waals surface area contributed by atoms with Crippen LogP contribution in [0, 0.1) is 0 Å². The molecule has 1 aromatic carbocycles. The molecule has 0 bridgehead atoms. The van der Waals surface area contributed by atoms with Gasteiger partial charge >= 0.3 is 0 Å². The molecule has 1 fully saturated rings. The van der Waals surface area contributed by atoms with Crippen molar-refractivity contribution in [2.24, 2.45) is 5.73 Å². The molecule has 1 aliphatic rings. The molecule has 3 N–H and O–H groups in total. The Morgan fingerprint density at radius 2 is 1.68 bits per heavy atom. The summed E-state index contributed by atoms with van der Waals surface area (Å²) in [4.78, 5) is -0.0729. The first-order valence-corrected chi connectivity index (χ1v) is 9.60. The summed E-state index contributed by atoms with van der Waals surface area (Å²) < 4.78 is 52.6. The number of nitrogens with two attached hydrogens (primary N) is 1. The molecule has 1 aromatic rings. The molecule has 1 saturated heterocycles. The molecule has 7 nitrogen and oxygen atoms in total. The Morgan fingerprint density at radius 3 is 2.27 bits per heavy atom. The maximum absolute atomic E-state index is 12.4. The van der Waals surface area contributed by atoms with Gasteiger partial charge in [-0.1, -0.05) is 6.07 Å². The normalized spacial score (nSPS) is 16.4. The van der Waals surface area contributed by atoms with E-state index in [0.717, 1.165) is 12.8 Å². The molecule has 22 heavy (non-hydrogen) atoms. The topological polar surface area (TPSA) is 110 Å². The van der Waals surface area contributed by atoms with E-state index in [1.54, 1.807) is 0 Å². The summed E-state index contributed by atoms with van der Waals surface area (Å²) in [6, 6.07) is 5.39. The van der Waals surface area contributed by atoms with Gasteiger partial charge in [0.05, 0.1) is 9.79 Å². The highest BCUT2D eigenvalue weighted by Crippen LogP contribution is 2.22. The summed E-state index contributed by atoms with van der Waals surface area (Å²) >= 11 is 0. The van der Waals surface area contributed by atoms with E-state index < -0.39 is 20.0 Å². The Kier molecular flexibility index (Phi) is 6.78. The van der Waals surface area contributed by atoms with Gasteiger partial charge in [0.2, 0.25) is 20.0 Å². The number of halogens is 1. The van der Waals surface area contributed by atoms with E-state index in [9.17, 15) is 16.8 Å². The van der Waals surface area contributed by atoms with E-state index in [-0.39, 0.29) is 35.3 Å². The van der Waals surface area contributed by atoms with Crippen molar-refractivity contribution in [2.45, 2.75) is 22.6 Å². The number of nitrogens with zero attached hydrogens (tertiary/aromatic N) is 1. The van der Waals surface area contributed by atoms with Crippen molar-refractivity contribution < 1.29 is 16.8 Å². The molecule has 126 valence electrons. The molecule has 0 spiro atoms. The fraction of sp³-hybridized carbons (Fsp3) is 0.500. The number of hydrogen-bond acceptors (Lipinski definition) is 5. The lowest BCUT2D eigenvalue weighted by Gasteiger charge is -2.16. The van der Waals surface area contributed by atoms with Crippen molar-refractivity contribution in [3.63, 3.8) is 0 Å². The van der Waals surface area contributed by atoms with Crippen LogP contribution in [0.5, 0.6) is 0 Å². The van der Waals surface area contributed by atoms with Gasteiger partial charge in [0, 0.05) is 26.2 Å². The quantitative estimate of drug-likeness (QED) is 0.740. The minimum Gasteiger partial charge on any atom is -0.329 e. The Bertz CT molecular complexity index is 701. The second kappa shape index (κ2) is 7.71. The van der Waals surface area contributed by atoms with Crippen LogP contribution in [0.4, 0.5) is 0 Å². The van der Waals surface area contributed by atoms with Crippen LogP contribution in [0.2, 0.25) is 0 Å². The fourth-order valence-electron chi connectivity index (χ4n) is 2.16. The van der Waals surface area contributed by atoms with Crippen molar-refractivity contribution in [2.75, 3.05) is 26.2 Å². The minimum absolute atomic E-state index is 0. The van der Waals surface area contributed by atoms with Crippen molar-refractivity contribution in [1.82, 2.24) is 9.03 Å². The van der Waals surface area contributed by atoms with Crippen LogP contribution in [0.3, 0.4) is 0 Å². The molecule has 2 rings (SSSR count). The van der Waals surface area contributed by atoms with Crippen LogP contribution in [0.15, 0.2) is 34.1 Å². The average Bonchev–Trinajstić information content (AvgIpc) is 3.00. The standard InChI is InChI=1S/C12H19N3O4S2.ClH/c13-6-7-14-20(16,17)11-4-3-5-12(10-11)21(18,19)15-8-1-2-9-15;/h3-5,10,14H,1-2,6-9,13H2;1H. The van der Waals surface area contributed by atoms with Gasteiger partial charge in [-0.05, 0) is 31.0 Å². The maximum atomic E-state index is 12.4. The third kappa shape index (κ3) is 4.18. The zero-order valence-corrected chi connectivity index (χ0v) is 14.4. The molecule has 0 atom stereocenters. The van der Waals surface area contributed by atoms with Gasteiger partial charge in [0.15, 0.2) is 0 Å². The molecule has 0 aliphatic carbocycles. The monoisotopic (exact) mass is 369 g/mol. The second-order valence-corrected chi connectivity index (χ2v) is 8.48. The van der Waals surface area contributed by atoms with Gasteiger partial charge in [-0.25, -0.2) is 21.6 Å². The summed E-state index contributed by atoms with van der Waals surface area (Å²) in [5.41, 5.74) is 5.27. The first-order valence-electron chi connectivity index (χ1n) is 6.68. The third-order valence-corrected chi connectivity index (χ3v) is 6.61. The molecular formula is C12H20ClN3O4S2. The number of hydrogen-bond donors (Lipinski definition) is 2. The molecular weight excluding hydrogens is 350 g/mol. The van der Waals surface area contributed by atoms with Gasteiger partial charge in [-0.3, -0.25) is 0 Å². The largest absolute Gasteiger partial charge is 0.329 e. The van der Waals surface area contributed by atoms with E-state index >= 15 is 0 Å². The molecule has 1 aliphatic heterocycles. The predicted octanol–water partition coefficient (Wildman–Crippen LogP) is 0.130. The van der Waals surface area contributed by atoms with Crippen molar-refractivity contribution >= 4 is 32.5 Å². The summed E-state index contributed by atoms with van der Waals surface area (Å²) in [7, 11) is -7.37. The van der Waals surface area contributed by atoms with E-state index in [0.29, 0.717) is 13.1 Å². The average molecular weight is 370 g/mol. The van der Waals surface area contributed by atoms with Gasteiger partial charge in [-0.2, -0.15) is 4.31 Å². The van der Waals surface area contributed by atoms with Gasteiger partial charge < -0.3 is 5.73 Å². The van der Waals surface area contributed by atoms with E-state index in [4.69, 9.17) is 5.73 Å². The zero-order chi connectivity index (χ0) is 15.5. The fourth-order valence-corrected chi connectivity index (χ4v) is 4.89. The number of nitrogens with one attached hydrogen (secondary N) is 1. The van der Waals surface area contributed by atoms with Crippen LogP contribution in [-0.4, -0.2) is 47.3 Å². The summed E-state index contributed by atoms with van der Waals surface area (Å²) in [6.45, 7) is 1.23. The highest BCUT2D eigenvalue weighted by molar-refractivity contribution is 7.90. The van der Waals surface area contributed by atoms with Crippen molar-refractivity contribution in [3.05, 3.63) is 24.3 Å². The van der Waals surface area contributed by atoms with E-state index in [1.165, 1.54) is 28.6 Å². The van der Waals surface area contributed by atoms with Crippen LogP contribution < -0.4 is 10.5 Å². The Labute approximate surface area is 137 Å². The van der Waals surface area contributed by atoms with Crippen LogP contribution in [0.25, 0.3) is 0 Å². The zero-order valence-electron chi connectivity index (χ0n) is 11.9. The minimum atomic E-state index is -3.74. The Hall–Kier alpha value is -0.710. The lowest BCUT2D eigenvalue weighted by Crippen LogP contribution is -2.30. The van der Waals surface area contributed by atoms with Gasteiger partial charge in [-0.15, -0.1) is 12.4 Å². The van der Waals surface area contributed by atoms with Gasteiger partial charge in [0.1, 0.15) is 0 Å². The highest BCUT2D eigenvalue weighted by Gasteiger charge is 2.28. The predicted molar refractivity (Wildman–Crippen MR) is 85.9 cm³/mol. The summed E-state index contributed by atoms with van der Waals surface area (Å²) in [5, 5.41) is 0. The Balaban J connectivity index is 0.00000242. The molecule has 0 aromatic heterocycles. The molecule has 10 heteroatoms. The Morgan fingerprint density at radius 1 is 1.09 bits per heavy atom. The lowest BCUT2D eigenvalue weighted by molar-refractivity contribution is 0.477. The number of benzene rings is 1. The van der Waals surface area contributed by atoms with E-state index in [1.807, 2.05) is 0 Å². The third-order valence-electron chi connectivity index (χ3n) is 3.26. The molecule has 1 heterocycles. The number of sulfonamides is 2. The molecule has 0 saturated carbocycles. The smallest absolute Gasteiger partial charge is 0.243 e. The van der Waals surface area contributed by atoms with Crippen molar-refractivity contribution in [1.29, 1.82) is 0 Å². The number of rotatable bonds is 6. The van der Waals surface area contributed by atoms with Crippen LogP contribution in [0.1, 0.15) is 12.8 Å². The first kappa shape index (κ1) is 19.3. The summed E-state index contributed by atoms with van der Waals surface area (Å²) in [5.74, 6) is 0. The van der Waals surface area contributed by atoms with Crippen LogP contribution >= 0.6 is 12.4 Å². The second-order valence-electron chi connectivity index (χ2n) is 4.77. The lowest BCUT2D eigenvalue weighted by atomic mass is 10.4. The van der Waals surface area contributed by atoms with Gasteiger partial charge in [0.25, 0.3) is 0 Å².